The lowest BCUT2D eigenvalue weighted by atomic mass is 10.1. The third kappa shape index (κ3) is 4.84. The van der Waals surface area contributed by atoms with Crippen LogP contribution in [0, 0.1) is 25.5 Å². The number of aryl methyl sites for hydroxylation is 2. The van der Waals surface area contributed by atoms with Crippen LogP contribution in [0.15, 0.2) is 54.7 Å². The number of piperazine rings is 1. The molecule has 0 unspecified atom stereocenters. The van der Waals surface area contributed by atoms with Crippen molar-refractivity contribution in [3.63, 3.8) is 0 Å². The van der Waals surface area contributed by atoms with E-state index in [0.29, 0.717) is 43.2 Å². The standard InChI is InChI=1S/C25H24F2N4O2/c1-16-3-6-18(7-4-16)24(32)29-19-8-10-21(28-15-19)30-11-13-31(14-12-30)25(33)22-20(26)9-5-17(2)23(22)27/h3-10,15H,11-14H2,1-2H3,(H,29,32). The van der Waals surface area contributed by atoms with Gasteiger partial charge >= 0.3 is 0 Å². The minimum absolute atomic E-state index is 0.215. The van der Waals surface area contributed by atoms with Gasteiger partial charge in [0, 0.05) is 31.7 Å². The van der Waals surface area contributed by atoms with Gasteiger partial charge in [-0.15, -0.1) is 0 Å². The van der Waals surface area contributed by atoms with Gasteiger partial charge in [-0.2, -0.15) is 0 Å². The number of anilines is 2. The molecule has 1 aromatic heterocycles. The van der Waals surface area contributed by atoms with Gasteiger partial charge in [-0.25, -0.2) is 13.8 Å². The molecule has 170 valence electrons. The van der Waals surface area contributed by atoms with E-state index in [0.717, 1.165) is 11.6 Å². The van der Waals surface area contributed by atoms with Gasteiger partial charge in [0.05, 0.1) is 11.9 Å². The second-order valence-electron chi connectivity index (χ2n) is 8.06. The van der Waals surface area contributed by atoms with E-state index in [2.05, 4.69) is 10.3 Å². The molecule has 2 amide bonds. The predicted molar refractivity (Wildman–Crippen MR) is 123 cm³/mol. The first-order chi connectivity index (χ1) is 15.8. The molecule has 8 heteroatoms. The molecule has 2 heterocycles. The largest absolute Gasteiger partial charge is 0.353 e. The molecule has 0 atom stereocenters. The number of aromatic nitrogens is 1. The van der Waals surface area contributed by atoms with Gasteiger partial charge in [-0.3, -0.25) is 9.59 Å². The topological polar surface area (TPSA) is 65.5 Å². The minimum atomic E-state index is -0.851. The summed E-state index contributed by atoms with van der Waals surface area (Å²) < 4.78 is 28.4. The summed E-state index contributed by atoms with van der Waals surface area (Å²) in [5.41, 5.74) is 1.94. The first-order valence-electron chi connectivity index (χ1n) is 10.7. The zero-order valence-electron chi connectivity index (χ0n) is 18.4. The monoisotopic (exact) mass is 450 g/mol. The minimum Gasteiger partial charge on any atom is -0.353 e. The van der Waals surface area contributed by atoms with Crippen molar-refractivity contribution in [2.75, 3.05) is 36.4 Å². The maximum Gasteiger partial charge on any atom is 0.259 e. The Morgan fingerprint density at radius 2 is 1.61 bits per heavy atom. The quantitative estimate of drug-likeness (QED) is 0.647. The van der Waals surface area contributed by atoms with Gasteiger partial charge in [-0.1, -0.05) is 23.8 Å². The summed E-state index contributed by atoms with van der Waals surface area (Å²) in [4.78, 5) is 32.9. The molecule has 0 aliphatic carbocycles. The molecular formula is C25H24F2N4O2. The van der Waals surface area contributed by atoms with E-state index in [1.807, 2.05) is 24.0 Å². The van der Waals surface area contributed by atoms with Gasteiger partial charge in [0.15, 0.2) is 0 Å². The van der Waals surface area contributed by atoms with E-state index in [9.17, 15) is 18.4 Å². The van der Waals surface area contributed by atoms with Crippen molar-refractivity contribution < 1.29 is 18.4 Å². The number of pyridine rings is 1. The van der Waals surface area contributed by atoms with E-state index < -0.39 is 23.1 Å². The van der Waals surface area contributed by atoms with Crippen molar-refractivity contribution in [3.05, 3.63) is 88.6 Å². The molecule has 1 aliphatic rings. The average Bonchev–Trinajstić information content (AvgIpc) is 2.82. The van der Waals surface area contributed by atoms with Crippen LogP contribution < -0.4 is 10.2 Å². The molecule has 4 rings (SSSR count). The Labute approximate surface area is 190 Å². The molecule has 1 saturated heterocycles. The zero-order chi connectivity index (χ0) is 23.5. The summed E-state index contributed by atoms with van der Waals surface area (Å²) in [6.45, 7) is 5.05. The van der Waals surface area contributed by atoms with Crippen LogP contribution in [-0.4, -0.2) is 47.9 Å². The maximum atomic E-state index is 14.3. The fraction of sp³-hybridized carbons (Fsp3) is 0.240. The summed E-state index contributed by atoms with van der Waals surface area (Å²) in [7, 11) is 0. The molecule has 1 N–H and O–H groups in total. The summed E-state index contributed by atoms with van der Waals surface area (Å²) in [6, 6.07) is 13.3. The molecule has 6 nitrogen and oxygen atoms in total. The van der Waals surface area contributed by atoms with Crippen molar-refractivity contribution in [2.24, 2.45) is 0 Å². The lowest BCUT2D eigenvalue weighted by molar-refractivity contribution is 0.0736. The number of amides is 2. The highest BCUT2D eigenvalue weighted by molar-refractivity contribution is 6.04. The molecule has 0 spiro atoms. The lowest BCUT2D eigenvalue weighted by Gasteiger charge is -2.35. The van der Waals surface area contributed by atoms with Crippen LogP contribution in [0.1, 0.15) is 31.8 Å². The van der Waals surface area contributed by atoms with Crippen molar-refractivity contribution >= 4 is 23.3 Å². The van der Waals surface area contributed by atoms with E-state index in [4.69, 9.17) is 0 Å². The number of nitrogens with zero attached hydrogens (tertiary/aromatic N) is 3. The van der Waals surface area contributed by atoms with Crippen LogP contribution in [0.2, 0.25) is 0 Å². The number of benzene rings is 2. The number of carbonyl (C=O) groups is 2. The van der Waals surface area contributed by atoms with E-state index in [1.54, 1.807) is 30.5 Å². The third-order valence-corrected chi connectivity index (χ3v) is 5.71. The first kappa shape index (κ1) is 22.4. The Kier molecular flexibility index (Phi) is 6.35. The van der Waals surface area contributed by atoms with Crippen LogP contribution in [0.4, 0.5) is 20.3 Å². The van der Waals surface area contributed by atoms with Gasteiger partial charge < -0.3 is 15.1 Å². The summed E-state index contributed by atoms with van der Waals surface area (Å²) >= 11 is 0. The van der Waals surface area contributed by atoms with Crippen LogP contribution in [-0.2, 0) is 0 Å². The number of rotatable bonds is 4. The second kappa shape index (κ2) is 9.36. The molecule has 1 fully saturated rings. The first-order valence-corrected chi connectivity index (χ1v) is 10.7. The zero-order valence-corrected chi connectivity index (χ0v) is 18.4. The van der Waals surface area contributed by atoms with E-state index in [-0.39, 0.29) is 11.5 Å². The molecule has 33 heavy (non-hydrogen) atoms. The molecular weight excluding hydrogens is 426 g/mol. The van der Waals surface area contributed by atoms with Gasteiger partial charge in [0.1, 0.15) is 23.0 Å². The summed E-state index contributed by atoms with van der Waals surface area (Å²) in [6.07, 6.45) is 1.58. The maximum absolute atomic E-state index is 14.3. The Morgan fingerprint density at radius 1 is 0.909 bits per heavy atom. The normalized spacial score (nSPS) is 13.7. The van der Waals surface area contributed by atoms with Crippen molar-refractivity contribution in [3.8, 4) is 0 Å². The SMILES string of the molecule is Cc1ccc(C(=O)Nc2ccc(N3CCN(C(=O)c4c(F)ccc(C)c4F)CC3)nc2)cc1. The third-order valence-electron chi connectivity index (χ3n) is 5.71. The highest BCUT2D eigenvalue weighted by atomic mass is 19.1. The Bertz CT molecular complexity index is 1170. The molecule has 0 radical (unpaired) electrons. The number of halogens is 2. The second-order valence-corrected chi connectivity index (χ2v) is 8.06. The lowest BCUT2D eigenvalue weighted by Crippen LogP contribution is -2.49. The number of hydrogen-bond donors (Lipinski definition) is 1. The average molecular weight is 450 g/mol. The number of hydrogen-bond acceptors (Lipinski definition) is 4. The molecule has 1 aliphatic heterocycles. The number of nitrogens with one attached hydrogen (secondary N) is 1. The summed E-state index contributed by atoms with van der Waals surface area (Å²) in [5.74, 6) is -1.83. The van der Waals surface area contributed by atoms with Gasteiger partial charge in [0.2, 0.25) is 0 Å². The van der Waals surface area contributed by atoms with Crippen molar-refractivity contribution in [1.29, 1.82) is 0 Å². The predicted octanol–water partition coefficient (Wildman–Crippen LogP) is 4.19. The van der Waals surface area contributed by atoms with E-state index >= 15 is 0 Å². The molecule has 0 saturated carbocycles. The summed E-state index contributed by atoms with van der Waals surface area (Å²) in [5, 5.41) is 2.82. The van der Waals surface area contributed by atoms with Crippen LogP contribution in [0.25, 0.3) is 0 Å². The van der Waals surface area contributed by atoms with Gasteiger partial charge in [0.25, 0.3) is 11.8 Å². The van der Waals surface area contributed by atoms with Crippen LogP contribution in [0.5, 0.6) is 0 Å². The van der Waals surface area contributed by atoms with Crippen molar-refractivity contribution in [2.45, 2.75) is 13.8 Å². The van der Waals surface area contributed by atoms with Crippen LogP contribution >= 0.6 is 0 Å². The molecule has 0 bridgehead atoms. The Hall–Kier alpha value is -3.81. The Balaban J connectivity index is 1.36. The molecule has 2 aromatic carbocycles. The van der Waals surface area contributed by atoms with E-state index in [1.165, 1.54) is 17.9 Å². The highest BCUT2D eigenvalue weighted by Gasteiger charge is 2.27. The Morgan fingerprint density at radius 3 is 2.24 bits per heavy atom. The van der Waals surface area contributed by atoms with Crippen LogP contribution in [0.3, 0.4) is 0 Å². The number of carbonyl (C=O) groups excluding carboxylic acids is 2. The fourth-order valence-electron chi connectivity index (χ4n) is 3.70. The van der Waals surface area contributed by atoms with Crippen molar-refractivity contribution in [1.82, 2.24) is 9.88 Å². The van der Waals surface area contributed by atoms with Gasteiger partial charge in [-0.05, 0) is 49.7 Å². The molecule has 3 aromatic rings. The highest BCUT2D eigenvalue weighted by Crippen LogP contribution is 2.21. The smallest absolute Gasteiger partial charge is 0.259 e. The fourth-order valence-corrected chi connectivity index (χ4v) is 3.70.